The first-order valence-electron chi connectivity index (χ1n) is 4.74. The van der Waals surface area contributed by atoms with Crippen LogP contribution in [0.3, 0.4) is 0 Å². The van der Waals surface area contributed by atoms with Gasteiger partial charge in [0.05, 0.1) is 16.9 Å². The van der Waals surface area contributed by atoms with E-state index in [0.717, 1.165) is 6.07 Å². The van der Waals surface area contributed by atoms with Crippen molar-refractivity contribution in [2.75, 3.05) is 13.7 Å². The maximum atomic E-state index is 11.6. The molecule has 0 aromatic heterocycles. The van der Waals surface area contributed by atoms with Crippen LogP contribution < -0.4 is 9.46 Å². The predicted molar refractivity (Wildman–Crippen MR) is 60.5 cm³/mol. The van der Waals surface area contributed by atoms with Gasteiger partial charge in [0.25, 0.3) is 0 Å². The fourth-order valence-electron chi connectivity index (χ4n) is 1.25. The molecule has 94 valence electrons. The number of nitrogens with zero attached hydrogens (tertiary/aromatic N) is 1. The molecule has 0 aliphatic heterocycles. The molecule has 1 rings (SSSR count). The van der Waals surface area contributed by atoms with Crippen molar-refractivity contribution < 1.29 is 18.1 Å². The maximum Gasteiger partial charge on any atom is 0.312 e. The molecule has 0 bridgehead atoms. The molecule has 1 aromatic carbocycles. The van der Waals surface area contributed by atoms with Crippen LogP contribution in [0, 0.1) is 10.1 Å². The number of methoxy groups -OCH3 is 1. The van der Waals surface area contributed by atoms with Crippen LogP contribution in [0.15, 0.2) is 23.1 Å². The first kappa shape index (κ1) is 13.4. The summed E-state index contributed by atoms with van der Waals surface area (Å²) in [4.78, 5) is 9.88. The Morgan fingerprint density at radius 1 is 1.47 bits per heavy atom. The van der Waals surface area contributed by atoms with Gasteiger partial charge < -0.3 is 4.74 Å². The Kier molecular flexibility index (Phi) is 4.02. The summed E-state index contributed by atoms with van der Waals surface area (Å²) < 4.78 is 30.3. The van der Waals surface area contributed by atoms with Gasteiger partial charge in [-0.05, 0) is 12.1 Å². The molecule has 0 fully saturated rings. The summed E-state index contributed by atoms with van der Waals surface area (Å²) in [5, 5.41) is 10.7. The molecular weight excluding hydrogens is 248 g/mol. The zero-order chi connectivity index (χ0) is 13.1. The smallest absolute Gasteiger partial charge is 0.312 e. The lowest BCUT2D eigenvalue weighted by Crippen LogP contribution is -2.23. The van der Waals surface area contributed by atoms with Gasteiger partial charge in [-0.2, -0.15) is 0 Å². The summed E-state index contributed by atoms with van der Waals surface area (Å²) in [6.07, 6.45) is 0. The fourth-order valence-corrected chi connectivity index (χ4v) is 2.31. The molecule has 0 heterocycles. The monoisotopic (exact) mass is 260 g/mol. The molecular formula is C9H12N2O5S. The number of ether oxygens (including phenoxy) is 1. The van der Waals surface area contributed by atoms with Gasteiger partial charge in [0.1, 0.15) is 0 Å². The summed E-state index contributed by atoms with van der Waals surface area (Å²) in [6.45, 7) is 1.83. The third kappa shape index (κ3) is 2.92. The number of benzene rings is 1. The minimum Gasteiger partial charge on any atom is -0.490 e. The second-order valence-corrected chi connectivity index (χ2v) is 4.86. The van der Waals surface area contributed by atoms with Crippen molar-refractivity contribution in [3.63, 3.8) is 0 Å². The molecule has 0 atom stereocenters. The van der Waals surface area contributed by atoms with Gasteiger partial charge in [0.2, 0.25) is 10.0 Å². The maximum absolute atomic E-state index is 11.6. The third-order valence-electron chi connectivity index (χ3n) is 1.99. The van der Waals surface area contributed by atoms with E-state index in [1.165, 1.54) is 19.2 Å². The van der Waals surface area contributed by atoms with Crippen molar-refractivity contribution in [2.45, 2.75) is 11.8 Å². The largest absolute Gasteiger partial charge is 0.490 e. The summed E-state index contributed by atoms with van der Waals surface area (Å²) in [5.74, 6) is 0.0189. The fraction of sp³-hybridized carbons (Fsp3) is 0.333. The molecule has 0 aliphatic carbocycles. The van der Waals surface area contributed by atoms with Crippen LogP contribution in [0.4, 0.5) is 5.69 Å². The van der Waals surface area contributed by atoms with Crippen LogP contribution in [0.25, 0.3) is 0 Å². The quantitative estimate of drug-likeness (QED) is 0.626. The van der Waals surface area contributed by atoms with Crippen LogP contribution in [0.1, 0.15) is 6.92 Å². The zero-order valence-corrected chi connectivity index (χ0v) is 10.2. The topological polar surface area (TPSA) is 98.5 Å². The van der Waals surface area contributed by atoms with E-state index in [2.05, 4.69) is 4.72 Å². The zero-order valence-electron chi connectivity index (χ0n) is 9.34. The number of sulfonamides is 1. The number of rotatable bonds is 5. The Morgan fingerprint density at radius 3 is 2.59 bits per heavy atom. The van der Waals surface area contributed by atoms with Crippen molar-refractivity contribution in [1.82, 2.24) is 4.72 Å². The van der Waals surface area contributed by atoms with E-state index in [4.69, 9.17) is 4.74 Å². The van der Waals surface area contributed by atoms with E-state index in [1.54, 1.807) is 6.92 Å². The lowest BCUT2D eigenvalue weighted by Gasteiger charge is -2.06. The predicted octanol–water partition coefficient (Wildman–Crippen LogP) is 0.902. The number of nitro groups is 1. The van der Waals surface area contributed by atoms with Crippen molar-refractivity contribution in [2.24, 2.45) is 0 Å². The van der Waals surface area contributed by atoms with Gasteiger partial charge in [-0.15, -0.1) is 0 Å². The molecule has 17 heavy (non-hydrogen) atoms. The van der Waals surface area contributed by atoms with E-state index < -0.39 is 14.9 Å². The van der Waals surface area contributed by atoms with Crippen molar-refractivity contribution in [3.8, 4) is 5.75 Å². The van der Waals surface area contributed by atoms with Gasteiger partial charge in [0, 0.05) is 12.6 Å². The molecule has 1 aromatic rings. The highest BCUT2D eigenvalue weighted by atomic mass is 32.2. The number of hydrogen-bond acceptors (Lipinski definition) is 5. The van der Waals surface area contributed by atoms with Crippen LogP contribution in [0.5, 0.6) is 5.75 Å². The standard InChI is InChI=1S/C9H12N2O5S/c1-3-10-17(14,15)7-4-5-9(16-2)8(6-7)11(12)13/h4-6,10H,3H2,1-2H3. The van der Waals surface area contributed by atoms with Gasteiger partial charge in [-0.1, -0.05) is 6.92 Å². The molecule has 7 nitrogen and oxygen atoms in total. The SMILES string of the molecule is CCNS(=O)(=O)c1ccc(OC)c([N+](=O)[O-])c1. The Bertz CT molecular complexity index is 526. The highest BCUT2D eigenvalue weighted by Gasteiger charge is 2.21. The Balaban J connectivity index is 3.31. The van der Waals surface area contributed by atoms with Crippen LogP contribution in [-0.2, 0) is 10.0 Å². The highest BCUT2D eigenvalue weighted by Crippen LogP contribution is 2.29. The molecule has 0 amide bonds. The molecule has 0 radical (unpaired) electrons. The van der Waals surface area contributed by atoms with Crippen LogP contribution >= 0.6 is 0 Å². The number of nitro benzene ring substituents is 1. The van der Waals surface area contributed by atoms with Crippen molar-refractivity contribution >= 4 is 15.7 Å². The first-order valence-corrected chi connectivity index (χ1v) is 6.22. The highest BCUT2D eigenvalue weighted by molar-refractivity contribution is 7.89. The van der Waals surface area contributed by atoms with Gasteiger partial charge in [-0.25, -0.2) is 13.1 Å². The van der Waals surface area contributed by atoms with Gasteiger partial charge >= 0.3 is 5.69 Å². The van der Waals surface area contributed by atoms with Crippen molar-refractivity contribution in [1.29, 1.82) is 0 Å². The minimum atomic E-state index is -3.70. The summed E-state index contributed by atoms with van der Waals surface area (Å²) in [5.41, 5.74) is -0.383. The van der Waals surface area contributed by atoms with Gasteiger partial charge in [-0.3, -0.25) is 10.1 Å². The summed E-state index contributed by atoms with van der Waals surface area (Å²) in [6, 6.07) is 3.48. The van der Waals surface area contributed by atoms with Gasteiger partial charge in [0.15, 0.2) is 5.75 Å². The van der Waals surface area contributed by atoms with E-state index in [1.807, 2.05) is 0 Å². The molecule has 0 unspecified atom stereocenters. The molecule has 0 aliphatic rings. The average molecular weight is 260 g/mol. The van der Waals surface area contributed by atoms with E-state index in [0.29, 0.717) is 0 Å². The average Bonchev–Trinajstić information content (AvgIpc) is 2.28. The molecule has 8 heteroatoms. The number of hydrogen-bond donors (Lipinski definition) is 1. The summed E-state index contributed by atoms with van der Waals surface area (Å²) in [7, 11) is -2.42. The molecule has 1 N–H and O–H groups in total. The lowest BCUT2D eigenvalue weighted by molar-refractivity contribution is -0.386. The Labute approximate surface area is 98.6 Å². The Morgan fingerprint density at radius 2 is 2.12 bits per heavy atom. The van der Waals surface area contributed by atoms with E-state index in [9.17, 15) is 18.5 Å². The second-order valence-electron chi connectivity index (χ2n) is 3.09. The first-order chi connectivity index (χ1) is 7.92. The number of nitrogens with one attached hydrogen (secondary N) is 1. The summed E-state index contributed by atoms with van der Waals surface area (Å²) >= 11 is 0. The van der Waals surface area contributed by atoms with Crippen molar-refractivity contribution in [3.05, 3.63) is 28.3 Å². The Hall–Kier alpha value is -1.67. The molecule has 0 saturated carbocycles. The molecule has 0 spiro atoms. The lowest BCUT2D eigenvalue weighted by atomic mass is 10.3. The van der Waals surface area contributed by atoms with E-state index >= 15 is 0 Å². The minimum absolute atomic E-state index is 0.0189. The normalized spacial score (nSPS) is 11.2. The second kappa shape index (κ2) is 5.11. The van der Waals surface area contributed by atoms with Crippen LogP contribution in [-0.4, -0.2) is 27.0 Å². The molecule has 0 saturated heterocycles. The van der Waals surface area contributed by atoms with E-state index in [-0.39, 0.29) is 22.9 Å². The third-order valence-corrected chi connectivity index (χ3v) is 3.53. The van der Waals surface area contributed by atoms with Crippen LogP contribution in [0.2, 0.25) is 0 Å².